The van der Waals surface area contributed by atoms with Gasteiger partial charge in [-0.05, 0) is 38.8 Å². The van der Waals surface area contributed by atoms with Gasteiger partial charge >= 0.3 is 12.0 Å². The van der Waals surface area contributed by atoms with Gasteiger partial charge in [-0.1, -0.05) is 6.42 Å². The Morgan fingerprint density at radius 3 is 2.00 bits per heavy atom. The van der Waals surface area contributed by atoms with Gasteiger partial charge in [0.15, 0.2) is 0 Å². The summed E-state index contributed by atoms with van der Waals surface area (Å²) < 4.78 is 0. The highest BCUT2D eigenvalue weighted by Crippen LogP contribution is 2.32. The minimum Gasteiger partial charge on any atom is -0.480 e. The first-order chi connectivity index (χ1) is 9.47. The van der Waals surface area contributed by atoms with Gasteiger partial charge in [-0.2, -0.15) is 0 Å². The van der Waals surface area contributed by atoms with E-state index >= 15 is 0 Å². The van der Waals surface area contributed by atoms with Crippen LogP contribution in [0.15, 0.2) is 0 Å². The van der Waals surface area contributed by atoms with Crippen LogP contribution in [0, 0.1) is 0 Å². The zero-order valence-electron chi connectivity index (χ0n) is 12.5. The molecule has 0 unspecified atom stereocenters. The molecule has 0 bridgehead atoms. The molecule has 2 amide bonds. The Kier molecular flexibility index (Phi) is 4.52. The van der Waals surface area contributed by atoms with Crippen molar-refractivity contribution in [2.24, 2.45) is 0 Å². The van der Waals surface area contributed by atoms with Crippen molar-refractivity contribution in [3.8, 4) is 0 Å². The molecule has 2 aliphatic rings. The van der Waals surface area contributed by atoms with Gasteiger partial charge in [-0.25, -0.2) is 4.79 Å². The summed E-state index contributed by atoms with van der Waals surface area (Å²) in [6.07, 6.45) is 4.41. The summed E-state index contributed by atoms with van der Waals surface area (Å²) in [4.78, 5) is 29.2. The van der Waals surface area contributed by atoms with Crippen molar-refractivity contribution in [3.63, 3.8) is 0 Å². The molecule has 0 saturated carbocycles. The lowest BCUT2D eigenvalue weighted by Crippen LogP contribution is -2.62. The number of piperidine rings is 2. The molecule has 0 spiro atoms. The SMILES string of the molecule is CN(C)C(=O)N1CCC(C(=O)O)(N2CCCCC2)CC1. The van der Waals surface area contributed by atoms with Gasteiger partial charge in [0.05, 0.1) is 0 Å². The van der Waals surface area contributed by atoms with Gasteiger partial charge in [0.2, 0.25) is 0 Å². The number of carbonyl (C=O) groups is 2. The van der Waals surface area contributed by atoms with Crippen molar-refractivity contribution in [2.75, 3.05) is 40.3 Å². The number of likely N-dealkylation sites (tertiary alicyclic amines) is 2. The highest BCUT2D eigenvalue weighted by atomic mass is 16.4. The minimum absolute atomic E-state index is 0.0253. The molecule has 2 fully saturated rings. The average molecular weight is 283 g/mol. The van der Waals surface area contributed by atoms with Gasteiger partial charge in [0.25, 0.3) is 0 Å². The lowest BCUT2D eigenvalue weighted by molar-refractivity contribution is -0.156. The van der Waals surface area contributed by atoms with Crippen LogP contribution in [0.4, 0.5) is 4.79 Å². The number of carboxylic acids is 1. The van der Waals surface area contributed by atoms with E-state index in [1.54, 1.807) is 23.9 Å². The molecule has 114 valence electrons. The zero-order valence-corrected chi connectivity index (χ0v) is 12.5. The number of urea groups is 1. The maximum atomic E-state index is 11.9. The second-order valence-electron chi connectivity index (χ2n) is 6.05. The van der Waals surface area contributed by atoms with Crippen LogP contribution >= 0.6 is 0 Å². The molecule has 0 radical (unpaired) electrons. The smallest absolute Gasteiger partial charge is 0.324 e. The second kappa shape index (κ2) is 5.99. The molecule has 0 aliphatic carbocycles. The van der Waals surface area contributed by atoms with E-state index in [9.17, 15) is 14.7 Å². The van der Waals surface area contributed by atoms with E-state index in [0.29, 0.717) is 25.9 Å². The number of hydrogen-bond acceptors (Lipinski definition) is 3. The van der Waals surface area contributed by atoms with Gasteiger partial charge in [0.1, 0.15) is 5.54 Å². The molecular weight excluding hydrogens is 258 g/mol. The van der Waals surface area contributed by atoms with E-state index in [1.807, 2.05) is 0 Å². The molecule has 2 saturated heterocycles. The largest absolute Gasteiger partial charge is 0.480 e. The third-order valence-corrected chi connectivity index (χ3v) is 4.60. The van der Waals surface area contributed by atoms with E-state index in [2.05, 4.69) is 4.90 Å². The highest BCUT2D eigenvalue weighted by molar-refractivity contribution is 5.80. The number of carbonyl (C=O) groups excluding carboxylic acids is 1. The monoisotopic (exact) mass is 283 g/mol. The summed E-state index contributed by atoms with van der Waals surface area (Å²) in [7, 11) is 3.46. The molecule has 0 aromatic carbocycles. The summed E-state index contributed by atoms with van der Waals surface area (Å²) in [5, 5.41) is 9.72. The summed E-state index contributed by atoms with van der Waals surface area (Å²) in [5.41, 5.74) is -0.760. The molecule has 0 atom stereocenters. The van der Waals surface area contributed by atoms with Crippen LogP contribution in [0.3, 0.4) is 0 Å². The van der Waals surface area contributed by atoms with Crippen LogP contribution in [-0.2, 0) is 4.79 Å². The Hall–Kier alpha value is -1.30. The maximum absolute atomic E-state index is 11.9. The summed E-state index contributed by atoms with van der Waals surface area (Å²) in [5.74, 6) is -0.726. The molecule has 6 nitrogen and oxygen atoms in total. The Bertz CT molecular complexity index is 370. The van der Waals surface area contributed by atoms with Crippen molar-refractivity contribution in [3.05, 3.63) is 0 Å². The van der Waals surface area contributed by atoms with Crippen LogP contribution in [-0.4, -0.2) is 77.6 Å². The quantitative estimate of drug-likeness (QED) is 0.823. The van der Waals surface area contributed by atoms with E-state index in [-0.39, 0.29) is 6.03 Å². The average Bonchev–Trinajstić information content (AvgIpc) is 2.47. The van der Waals surface area contributed by atoms with Crippen molar-refractivity contribution in [2.45, 2.75) is 37.6 Å². The van der Waals surface area contributed by atoms with Crippen LogP contribution < -0.4 is 0 Å². The predicted octanol–water partition coefficient (Wildman–Crippen LogP) is 1.07. The molecule has 2 heterocycles. The van der Waals surface area contributed by atoms with Gasteiger partial charge in [-0.15, -0.1) is 0 Å². The molecule has 0 aromatic rings. The third-order valence-electron chi connectivity index (χ3n) is 4.60. The Labute approximate surface area is 120 Å². The molecule has 6 heteroatoms. The van der Waals surface area contributed by atoms with Crippen LogP contribution in [0.2, 0.25) is 0 Å². The lowest BCUT2D eigenvalue weighted by atomic mass is 9.84. The number of aliphatic carboxylic acids is 1. The first kappa shape index (κ1) is 15.1. The first-order valence-corrected chi connectivity index (χ1v) is 7.42. The Morgan fingerprint density at radius 1 is 1.00 bits per heavy atom. The fourth-order valence-corrected chi connectivity index (χ4v) is 3.34. The molecule has 20 heavy (non-hydrogen) atoms. The number of nitrogens with zero attached hydrogens (tertiary/aromatic N) is 3. The van der Waals surface area contributed by atoms with E-state index in [0.717, 1.165) is 25.9 Å². The van der Waals surface area contributed by atoms with Gasteiger partial charge in [0, 0.05) is 27.2 Å². The molecule has 2 aliphatic heterocycles. The van der Waals surface area contributed by atoms with Crippen molar-refractivity contribution < 1.29 is 14.7 Å². The number of hydrogen-bond donors (Lipinski definition) is 1. The fourth-order valence-electron chi connectivity index (χ4n) is 3.34. The number of carboxylic acid groups (broad SMARTS) is 1. The second-order valence-corrected chi connectivity index (χ2v) is 6.05. The standard InChI is InChI=1S/C14H25N3O3/c1-15(2)13(20)16-10-6-14(7-11-16,12(18)19)17-8-4-3-5-9-17/h3-11H2,1-2H3,(H,18,19). The van der Waals surface area contributed by atoms with Crippen molar-refractivity contribution in [1.82, 2.24) is 14.7 Å². The number of rotatable bonds is 2. The lowest BCUT2D eigenvalue weighted by Gasteiger charge is -2.47. The first-order valence-electron chi connectivity index (χ1n) is 7.42. The maximum Gasteiger partial charge on any atom is 0.324 e. The minimum atomic E-state index is -0.760. The van der Waals surface area contributed by atoms with E-state index < -0.39 is 11.5 Å². The third kappa shape index (κ3) is 2.75. The number of amides is 2. The van der Waals surface area contributed by atoms with Crippen LogP contribution in [0.1, 0.15) is 32.1 Å². The van der Waals surface area contributed by atoms with Crippen molar-refractivity contribution >= 4 is 12.0 Å². The summed E-state index contributed by atoms with van der Waals surface area (Å²) in [6.45, 7) is 2.79. The zero-order chi connectivity index (χ0) is 14.8. The molecule has 2 rings (SSSR count). The Balaban J connectivity index is 2.06. The fraction of sp³-hybridized carbons (Fsp3) is 0.857. The topological polar surface area (TPSA) is 64.1 Å². The molecule has 1 N–H and O–H groups in total. The normalized spacial score (nSPS) is 23.4. The van der Waals surface area contributed by atoms with Crippen molar-refractivity contribution in [1.29, 1.82) is 0 Å². The van der Waals surface area contributed by atoms with E-state index in [4.69, 9.17) is 0 Å². The molecular formula is C14H25N3O3. The summed E-state index contributed by atoms with van der Waals surface area (Å²) >= 11 is 0. The highest BCUT2D eigenvalue weighted by Gasteiger charge is 2.47. The summed E-state index contributed by atoms with van der Waals surface area (Å²) in [6, 6.07) is -0.0253. The van der Waals surface area contributed by atoms with Crippen LogP contribution in [0.25, 0.3) is 0 Å². The van der Waals surface area contributed by atoms with Crippen LogP contribution in [0.5, 0.6) is 0 Å². The Morgan fingerprint density at radius 2 is 1.55 bits per heavy atom. The molecule has 0 aromatic heterocycles. The van der Waals surface area contributed by atoms with E-state index in [1.165, 1.54) is 6.42 Å². The van der Waals surface area contributed by atoms with Gasteiger partial charge in [-0.3, -0.25) is 9.69 Å². The predicted molar refractivity (Wildman–Crippen MR) is 75.7 cm³/mol. The van der Waals surface area contributed by atoms with Gasteiger partial charge < -0.3 is 14.9 Å².